The van der Waals surface area contributed by atoms with E-state index in [2.05, 4.69) is 10.6 Å². The summed E-state index contributed by atoms with van der Waals surface area (Å²) >= 11 is 0. The Balaban J connectivity index is 1.97. The summed E-state index contributed by atoms with van der Waals surface area (Å²) in [4.78, 5) is 12.2. The fourth-order valence-corrected chi connectivity index (χ4v) is 2.44. The monoisotopic (exact) mass is 344 g/mol. The summed E-state index contributed by atoms with van der Waals surface area (Å²) in [6.45, 7) is 2.23. The number of hydrogen-bond donors (Lipinski definition) is 3. The number of amides is 2. The highest BCUT2D eigenvalue weighted by molar-refractivity contribution is 5.89. The quantitative estimate of drug-likeness (QED) is 0.688. The van der Waals surface area contributed by atoms with E-state index in [4.69, 9.17) is 9.47 Å². The van der Waals surface area contributed by atoms with E-state index in [1.165, 1.54) is 0 Å². The van der Waals surface area contributed by atoms with Crippen molar-refractivity contribution in [3.8, 4) is 11.5 Å². The molecule has 6 heteroatoms. The first-order chi connectivity index (χ1) is 12.2. The molecule has 0 aliphatic heterocycles. The fraction of sp³-hybridized carbons (Fsp3) is 0.316. The van der Waals surface area contributed by atoms with Gasteiger partial charge in [-0.15, -0.1) is 0 Å². The number of hydrogen-bond acceptors (Lipinski definition) is 4. The van der Waals surface area contributed by atoms with Gasteiger partial charge in [-0.05, 0) is 31.0 Å². The summed E-state index contributed by atoms with van der Waals surface area (Å²) in [5, 5.41) is 15.0. The maximum atomic E-state index is 12.2. The van der Waals surface area contributed by atoms with Crippen molar-refractivity contribution in [3.63, 3.8) is 0 Å². The van der Waals surface area contributed by atoms with Gasteiger partial charge < -0.3 is 25.2 Å². The third kappa shape index (κ3) is 5.69. The highest BCUT2D eigenvalue weighted by Gasteiger charge is 2.13. The number of carbonyl (C=O) groups is 1. The Morgan fingerprint density at radius 1 is 1.16 bits per heavy atom. The average Bonchev–Trinajstić information content (AvgIpc) is 2.62. The molecule has 0 aliphatic carbocycles. The van der Waals surface area contributed by atoms with Crippen LogP contribution < -0.4 is 20.1 Å². The lowest BCUT2D eigenvalue weighted by Crippen LogP contribution is -2.41. The molecule has 134 valence electrons. The number of rotatable bonds is 8. The highest BCUT2D eigenvalue weighted by Crippen LogP contribution is 2.30. The van der Waals surface area contributed by atoms with Gasteiger partial charge in [0.15, 0.2) is 11.5 Å². The molecule has 0 spiro atoms. The van der Waals surface area contributed by atoms with Crippen LogP contribution in [0, 0.1) is 0 Å². The zero-order valence-electron chi connectivity index (χ0n) is 14.5. The second-order valence-electron chi connectivity index (χ2n) is 5.47. The predicted molar refractivity (Wildman–Crippen MR) is 97.3 cm³/mol. The average molecular weight is 344 g/mol. The van der Waals surface area contributed by atoms with Crippen LogP contribution in [0.15, 0.2) is 48.5 Å². The molecule has 1 unspecified atom stereocenters. The van der Waals surface area contributed by atoms with Gasteiger partial charge in [-0.25, -0.2) is 4.79 Å². The van der Waals surface area contributed by atoms with E-state index in [9.17, 15) is 9.90 Å². The number of urea groups is 1. The lowest BCUT2D eigenvalue weighted by Gasteiger charge is -2.17. The van der Waals surface area contributed by atoms with Crippen molar-refractivity contribution >= 4 is 11.7 Å². The minimum absolute atomic E-state index is 0.144. The van der Waals surface area contributed by atoms with E-state index in [0.29, 0.717) is 30.2 Å². The lowest BCUT2D eigenvalue weighted by atomic mass is 10.1. The molecule has 1 atom stereocenters. The van der Waals surface area contributed by atoms with Crippen molar-refractivity contribution in [2.75, 3.05) is 25.6 Å². The summed E-state index contributed by atoms with van der Waals surface area (Å²) in [5.74, 6) is 1.16. The molecule has 0 radical (unpaired) electrons. The van der Waals surface area contributed by atoms with Crippen LogP contribution in [-0.4, -0.2) is 37.5 Å². The predicted octanol–water partition coefficient (Wildman–Crippen LogP) is 2.82. The molecule has 0 saturated heterocycles. The number of benzene rings is 2. The zero-order valence-corrected chi connectivity index (χ0v) is 14.5. The molecule has 0 bridgehead atoms. The molecule has 0 heterocycles. The molecule has 2 aromatic rings. The molecule has 0 fully saturated rings. The molecular weight excluding hydrogens is 320 g/mol. The Hall–Kier alpha value is -2.73. The second-order valence-corrected chi connectivity index (χ2v) is 5.47. The Morgan fingerprint density at radius 2 is 1.92 bits per heavy atom. The summed E-state index contributed by atoms with van der Waals surface area (Å²) < 4.78 is 10.7. The van der Waals surface area contributed by atoms with E-state index in [1.807, 2.05) is 37.3 Å². The lowest BCUT2D eigenvalue weighted by molar-refractivity contribution is 0.224. The molecule has 2 rings (SSSR count). The first-order valence-corrected chi connectivity index (χ1v) is 8.19. The van der Waals surface area contributed by atoms with Crippen molar-refractivity contribution in [2.45, 2.75) is 19.4 Å². The zero-order chi connectivity index (χ0) is 18.1. The van der Waals surface area contributed by atoms with Crippen molar-refractivity contribution < 1.29 is 19.4 Å². The number of carbonyl (C=O) groups excluding carboxylic acids is 1. The molecule has 0 aromatic heterocycles. The molecule has 0 aliphatic rings. The number of methoxy groups -OCH3 is 1. The van der Waals surface area contributed by atoms with Crippen LogP contribution in [0.2, 0.25) is 0 Å². The van der Waals surface area contributed by atoms with E-state index in [-0.39, 0.29) is 18.7 Å². The number of ether oxygens (including phenoxy) is 2. The van der Waals surface area contributed by atoms with Gasteiger partial charge in [-0.3, -0.25) is 0 Å². The van der Waals surface area contributed by atoms with Gasteiger partial charge in [-0.2, -0.15) is 0 Å². The third-order valence-corrected chi connectivity index (χ3v) is 3.60. The fourth-order valence-electron chi connectivity index (χ4n) is 2.44. The SMILES string of the molecule is CCOc1cc(NC(=O)NC(CO)Cc2ccccc2)ccc1OC. The second kappa shape index (κ2) is 9.54. The van der Waals surface area contributed by atoms with Gasteiger partial charge in [-0.1, -0.05) is 30.3 Å². The van der Waals surface area contributed by atoms with Crippen molar-refractivity contribution in [1.29, 1.82) is 0 Å². The number of nitrogens with one attached hydrogen (secondary N) is 2. The van der Waals surface area contributed by atoms with E-state index >= 15 is 0 Å². The molecule has 0 saturated carbocycles. The van der Waals surface area contributed by atoms with Gasteiger partial charge in [0.25, 0.3) is 0 Å². The van der Waals surface area contributed by atoms with Gasteiger partial charge >= 0.3 is 6.03 Å². The largest absolute Gasteiger partial charge is 0.493 e. The minimum atomic E-state index is -0.386. The smallest absolute Gasteiger partial charge is 0.319 e. The van der Waals surface area contributed by atoms with Crippen LogP contribution in [0.3, 0.4) is 0 Å². The molecule has 3 N–H and O–H groups in total. The van der Waals surface area contributed by atoms with Crippen molar-refractivity contribution in [2.24, 2.45) is 0 Å². The Labute approximate surface area is 147 Å². The Morgan fingerprint density at radius 3 is 2.56 bits per heavy atom. The third-order valence-electron chi connectivity index (χ3n) is 3.60. The van der Waals surface area contributed by atoms with Crippen LogP contribution in [0.5, 0.6) is 11.5 Å². The number of aliphatic hydroxyl groups is 1. The Kier molecular flexibility index (Phi) is 7.10. The summed E-state index contributed by atoms with van der Waals surface area (Å²) in [5.41, 5.74) is 1.63. The van der Waals surface area contributed by atoms with Crippen LogP contribution in [-0.2, 0) is 6.42 Å². The standard InChI is InChI=1S/C19H24N2O4/c1-3-25-18-12-15(9-10-17(18)24-2)20-19(23)21-16(13-22)11-14-7-5-4-6-8-14/h4-10,12,16,22H,3,11,13H2,1-2H3,(H2,20,21,23). The molecule has 2 amide bonds. The highest BCUT2D eigenvalue weighted by atomic mass is 16.5. The number of aliphatic hydroxyl groups excluding tert-OH is 1. The summed E-state index contributed by atoms with van der Waals surface area (Å²) in [6, 6.07) is 14.1. The van der Waals surface area contributed by atoms with Gasteiger partial charge in [0, 0.05) is 11.8 Å². The summed E-state index contributed by atoms with van der Waals surface area (Å²) in [6.07, 6.45) is 0.553. The van der Waals surface area contributed by atoms with E-state index in [0.717, 1.165) is 5.56 Å². The van der Waals surface area contributed by atoms with E-state index < -0.39 is 0 Å². The Bertz CT molecular complexity index is 676. The molecular formula is C19H24N2O4. The van der Waals surface area contributed by atoms with Gasteiger partial charge in [0.2, 0.25) is 0 Å². The summed E-state index contributed by atoms with van der Waals surface area (Å²) in [7, 11) is 1.56. The van der Waals surface area contributed by atoms with Gasteiger partial charge in [0.1, 0.15) is 0 Å². The normalized spacial score (nSPS) is 11.5. The number of anilines is 1. The van der Waals surface area contributed by atoms with E-state index in [1.54, 1.807) is 25.3 Å². The van der Waals surface area contributed by atoms with Crippen LogP contribution in [0.4, 0.5) is 10.5 Å². The van der Waals surface area contributed by atoms with Gasteiger partial charge in [0.05, 0.1) is 26.4 Å². The maximum absolute atomic E-state index is 12.2. The molecule has 2 aromatic carbocycles. The maximum Gasteiger partial charge on any atom is 0.319 e. The van der Waals surface area contributed by atoms with Crippen molar-refractivity contribution in [1.82, 2.24) is 5.32 Å². The van der Waals surface area contributed by atoms with Crippen LogP contribution in [0.1, 0.15) is 12.5 Å². The molecule has 6 nitrogen and oxygen atoms in total. The van der Waals surface area contributed by atoms with Crippen molar-refractivity contribution in [3.05, 3.63) is 54.1 Å². The molecule has 25 heavy (non-hydrogen) atoms. The first-order valence-electron chi connectivity index (χ1n) is 8.19. The van der Waals surface area contributed by atoms with Crippen LogP contribution >= 0.6 is 0 Å². The van der Waals surface area contributed by atoms with Crippen LogP contribution in [0.25, 0.3) is 0 Å². The first kappa shape index (κ1) is 18.6. The minimum Gasteiger partial charge on any atom is -0.493 e. The topological polar surface area (TPSA) is 79.8 Å².